The summed E-state index contributed by atoms with van der Waals surface area (Å²) in [5.41, 5.74) is 0.207. The van der Waals surface area contributed by atoms with Gasteiger partial charge in [-0.1, -0.05) is 11.6 Å². The highest BCUT2D eigenvalue weighted by Crippen LogP contribution is 2.22. The second-order valence-corrected chi connectivity index (χ2v) is 12.7. The molecule has 2 aromatic rings. The minimum atomic E-state index is -3.75. The summed E-state index contributed by atoms with van der Waals surface area (Å²) in [5.74, 6) is 0.330. The number of hydrogen-bond acceptors (Lipinski definition) is 6. The summed E-state index contributed by atoms with van der Waals surface area (Å²) < 4.78 is 50.8. The van der Waals surface area contributed by atoms with Crippen molar-refractivity contribution in [3.05, 3.63) is 53.6 Å². The SMILES string of the molecule is CN(C)S(=O)(=O)c1ccc(N(CC(=O)NCCCSc2ccc(Cl)cc2)S(C)(=O)=O)cc1. The number of halogens is 1. The first kappa shape index (κ1) is 26.5. The van der Waals surface area contributed by atoms with Crippen LogP contribution in [0.3, 0.4) is 0 Å². The summed E-state index contributed by atoms with van der Waals surface area (Å²) in [6.45, 7) is -0.0000209. The van der Waals surface area contributed by atoms with E-state index in [-0.39, 0.29) is 10.6 Å². The number of carbonyl (C=O) groups is 1. The van der Waals surface area contributed by atoms with E-state index in [1.54, 1.807) is 11.8 Å². The second-order valence-electron chi connectivity index (χ2n) is 7.06. The molecule has 0 heterocycles. The average molecular weight is 520 g/mol. The second kappa shape index (κ2) is 11.4. The maximum atomic E-state index is 12.3. The van der Waals surface area contributed by atoms with Crippen molar-refractivity contribution in [2.45, 2.75) is 16.2 Å². The van der Waals surface area contributed by atoms with Gasteiger partial charge in [0.15, 0.2) is 0 Å². The lowest BCUT2D eigenvalue weighted by molar-refractivity contribution is -0.119. The zero-order chi connectivity index (χ0) is 23.9. The van der Waals surface area contributed by atoms with Crippen LogP contribution in [0.5, 0.6) is 0 Å². The van der Waals surface area contributed by atoms with E-state index in [0.717, 1.165) is 25.5 Å². The quantitative estimate of drug-likeness (QED) is 0.361. The van der Waals surface area contributed by atoms with Crippen molar-refractivity contribution in [2.24, 2.45) is 0 Å². The van der Waals surface area contributed by atoms with E-state index in [4.69, 9.17) is 11.6 Å². The van der Waals surface area contributed by atoms with Crippen molar-refractivity contribution in [1.82, 2.24) is 9.62 Å². The standard InChI is InChI=1S/C20H26ClN3O5S3/c1-23(2)32(28,29)19-11-7-17(8-12-19)24(31(3,26)27)15-20(25)22-13-4-14-30-18-9-5-16(21)6-10-18/h5-12H,4,13-15H2,1-3H3,(H,22,25). The van der Waals surface area contributed by atoms with Crippen molar-refractivity contribution < 1.29 is 21.6 Å². The summed E-state index contributed by atoms with van der Waals surface area (Å²) in [7, 11) is -4.58. The Bertz CT molecular complexity index is 1120. The summed E-state index contributed by atoms with van der Waals surface area (Å²) >= 11 is 7.49. The van der Waals surface area contributed by atoms with Crippen LogP contribution in [-0.2, 0) is 24.8 Å². The van der Waals surface area contributed by atoms with Gasteiger partial charge >= 0.3 is 0 Å². The number of thioether (sulfide) groups is 1. The largest absolute Gasteiger partial charge is 0.354 e. The molecule has 0 unspecified atom stereocenters. The Hall–Kier alpha value is -1.79. The molecule has 0 saturated carbocycles. The molecular formula is C20H26ClN3O5S3. The molecule has 0 aliphatic heterocycles. The Balaban J connectivity index is 1.93. The number of amides is 1. The maximum absolute atomic E-state index is 12.3. The lowest BCUT2D eigenvalue weighted by Gasteiger charge is -2.22. The Labute approximate surface area is 199 Å². The Kier molecular flexibility index (Phi) is 9.40. The van der Waals surface area contributed by atoms with Crippen LogP contribution >= 0.6 is 23.4 Å². The monoisotopic (exact) mass is 519 g/mol. The smallest absolute Gasteiger partial charge is 0.242 e. The Morgan fingerprint density at radius 2 is 1.59 bits per heavy atom. The Morgan fingerprint density at radius 3 is 2.12 bits per heavy atom. The van der Waals surface area contributed by atoms with Crippen molar-refractivity contribution in [3.8, 4) is 0 Å². The fourth-order valence-corrected chi connectivity index (χ4v) is 5.34. The number of anilines is 1. The van der Waals surface area contributed by atoms with E-state index in [1.807, 2.05) is 24.3 Å². The number of nitrogens with one attached hydrogen (secondary N) is 1. The van der Waals surface area contributed by atoms with E-state index in [2.05, 4.69) is 5.32 Å². The number of rotatable bonds is 11. The molecule has 0 saturated heterocycles. The van der Waals surface area contributed by atoms with Gasteiger partial charge in [0.25, 0.3) is 0 Å². The van der Waals surface area contributed by atoms with Crippen LogP contribution in [-0.4, -0.2) is 66.2 Å². The average Bonchev–Trinajstić information content (AvgIpc) is 2.72. The van der Waals surface area contributed by atoms with E-state index in [0.29, 0.717) is 18.0 Å². The molecule has 2 aromatic carbocycles. The topological polar surface area (TPSA) is 104 Å². The van der Waals surface area contributed by atoms with Gasteiger partial charge in [0.1, 0.15) is 6.54 Å². The molecule has 32 heavy (non-hydrogen) atoms. The summed E-state index contributed by atoms with van der Waals surface area (Å²) in [5, 5.41) is 3.39. The van der Waals surface area contributed by atoms with Gasteiger partial charge in [-0.05, 0) is 60.7 Å². The van der Waals surface area contributed by atoms with Gasteiger partial charge in [-0.2, -0.15) is 0 Å². The van der Waals surface area contributed by atoms with Gasteiger partial charge in [0, 0.05) is 30.6 Å². The van der Waals surface area contributed by atoms with Crippen molar-refractivity contribution in [3.63, 3.8) is 0 Å². The molecule has 176 valence electrons. The summed E-state index contributed by atoms with van der Waals surface area (Å²) in [6.07, 6.45) is 1.70. The number of carbonyl (C=O) groups excluding carboxylic acids is 1. The first-order valence-corrected chi connectivity index (χ1v) is 14.2. The molecule has 0 atom stereocenters. The number of sulfonamides is 2. The maximum Gasteiger partial charge on any atom is 0.242 e. The third kappa shape index (κ3) is 7.66. The number of hydrogen-bond donors (Lipinski definition) is 1. The molecule has 8 nitrogen and oxygen atoms in total. The van der Waals surface area contributed by atoms with Crippen LogP contribution < -0.4 is 9.62 Å². The molecule has 0 aliphatic carbocycles. The molecule has 1 N–H and O–H groups in total. The minimum Gasteiger partial charge on any atom is -0.354 e. The minimum absolute atomic E-state index is 0.0299. The molecule has 0 aliphatic rings. The highest BCUT2D eigenvalue weighted by atomic mass is 35.5. The van der Waals surface area contributed by atoms with Crippen LogP contribution in [0, 0.1) is 0 Å². The number of nitrogens with zero attached hydrogens (tertiary/aromatic N) is 2. The summed E-state index contributed by atoms with van der Waals surface area (Å²) in [6, 6.07) is 12.8. The van der Waals surface area contributed by atoms with Crippen LogP contribution in [0.2, 0.25) is 5.02 Å². The van der Waals surface area contributed by atoms with Gasteiger partial charge in [-0.25, -0.2) is 21.1 Å². The van der Waals surface area contributed by atoms with E-state index in [1.165, 1.54) is 38.4 Å². The number of benzene rings is 2. The fourth-order valence-electron chi connectivity index (χ4n) is 2.60. The molecule has 0 spiro atoms. The van der Waals surface area contributed by atoms with Crippen LogP contribution in [0.15, 0.2) is 58.3 Å². The zero-order valence-electron chi connectivity index (χ0n) is 18.0. The molecule has 12 heteroatoms. The van der Waals surface area contributed by atoms with E-state index < -0.39 is 32.5 Å². The molecule has 0 bridgehead atoms. The predicted molar refractivity (Wildman–Crippen MR) is 129 cm³/mol. The van der Waals surface area contributed by atoms with Crippen LogP contribution in [0.4, 0.5) is 5.69 Å². The van der Waals surface area contributed by atoms with E-state index >= 15 is 0 Å². The van der Waals surface area contributed by atoms with Crippen LogP contribution in [0.1, 0.15) is 6.42 Å². The molecule has 2 rings (SSSR count). The first-order valence-electron chi connectivity index (χ1n) is 9.56. The van der Waals surface area contributed by atoms with Gasteiger partial charge < -0.3 is 5.32 Å². The molecule has 0 fully saturated rings. The zero-order valence-corrected chi connectivity index (χ0v) is 21.2. The highest BCUT2D eigenvalue weighted by molar-refractivity contribution is 7.99. The predicted octanol–water partition coefficient (Wildman–Crippen LogP) is 2.65. The molecule has 0 aromatic heterocycles. The Morgan fingerprint density at radius 1 is 1.00 bits per heavy atom. The normalized spacial score (nSPS) is 12.0. The van der Waals surface area contributed by atoms with Gasteiger partial charge in [0.2, 0.25) is 26.0 Å². The van der Waals surface area contributed by atoms with Gasteiger partial charge in [-0.3, -0.25) is 9.10 Å². The van der Waals surface area contributed by atoms with Crippen molar-refractivity contribution >= 4 is 55.0 Å². The third-order valence-corrected chi connectivity index (χ3v) is 8.64. The van der Waals surface area contributed by atoms with E-state index in [9.17, 15) is 21.6 Å². The molecule has 0 radical (unpaired) electrons. The lowest BCUT2D eigenvalue weighted by Crippen LogP contribution is -2.40. The third-order valence-electron chi connectivity index (χ3n) is 4.32. The first-order chi connectivity index (χ1) is 14.9. The lowest BCUT2D eigenvalue weighted by atomic mass is 10.3. The van der Waals surface area contributed by atoms with Gasteiger partial charge in [-0.15, -0.1) is 11.8 Å². The van der Waals surface area contributed by atoms with Crippen molar-refractivity contribution in [2.75, 3.05) is 43.5 Å². The highest BCUT2D eigenvalue weighted by Gasteiger charge is 2.22. The van der Waals surface area contributed by atoms with Gasteiger partial charge in [0.05, 0.1) is 16.8 Å². The van der Waals surface area contributed by atoms with Crippen LogP contribution in [0.25, 0.3) is 0 Å². The molecular weight excluding hydrogens is 494 g/mol. The van der Waals surface area contributed by atoms with Crippen molar-refractivity contribution in [1.29, 1.82) is 0 Å². The molecule has 1 amide bonds. The fraction of sp³-hybridized carbons (Fsp3) is 0.350. The summed E-state index contributed by atoms with van der Waals surface area (Å²) in [4.78, 5) is 13.4.